The summed E-state index contributed by atoms with van der Waals surface area (Å²) in [5, 5.41) is 3.26. The van der Waals surface area contributed by atoms with Crippen molar-refractivity contribution >= 4 is 0 Å². The maximum Gasteiger partial charge on any atom is 0.274 e. The van der Waals surface area contributed by atoms with Gasteiger partial charge >= 0.3 is 0 Å². The Kier molecular flexibility index (Phi) is 3.57. The summed E-state index contributed by atoms with van der Waals surface area (Å²) >= 11 is 0. The van der Waals surface area contributed by atoms with Crippen molar-refractivity contribution in [2.24, 2.45) is 0 Å². The van der Waals surface area contributed by atoms with Gasteiger partial charge in [0.2, 0.25) is 0 Å². The van der Waals surface area contributed by atoms with E-state index in [4.69, 9.17) is 4.74 Å². The Bertz CT molecular complexity index is 434. The van der Waals surface area contributed by atoms with E-state index >= 15 is 0 Å². The van der Waals surface area contributed by atoms with E-state index in [-0.39, 0.29) is 11.5 Å². The fraction of sp³-hybridized carbons (Fsp3) is 0.571. The third-order valence-electron chi connectivity index (χ3n) is 3.56. The highest BCUT2D eigenvalue weighted by atomic mass is 19.3. The molecule has 4 heteroatoms. The maximum atomic E-state index is 13.6. The van der Waals surface area contributed by atoms with Gasteiger partial charge in [-0.1, -0.05) is 6.07 Å². The van der Waals surface area contributed by atoms with Gasteiger partial charge in [-0.3, -0.25) is 0 Å². The molecule has 0 spiro atoms. The zero-order valence-corrected chi connectivity index (χ0v) is 11.0. The summed E-state index contributed by atoms with van der Waals surface area (Å²) in [4.78, 5) is 0. The number of hydrogen-bond donors (Lipinski definition) is 1. The SMILES string of the molecule is COc1c(C(C)(F)F)ccc(C)c1C1CCNC1. The van der Waals surface area contributed by atoms with Crippen LogP contribution in [0, 0.1) is 6.92 Å². The van der Waals surface area contributed by atoms with Crippen LogP contribution in [0.15, 0.2) is 12.1 Å². The summed E-state index contributed by atoms with van der Waals surface area (Å²) in [6.45, 7) is 4.63. The molecule has 1 atom stereocenters. The normalized spacial score (nSPS) is 20.2. The average molecular weight is 255 g/mol. The van der Waals surface area contributed by atoms with Crippen LogP contribution in [-0.2, 0) is 5.92 Å². The molecule has 2 rings (SSSR count). The van der Waals surface area contributed by atoms with E-state index in [1.54, 1.807) is 6.07 Å². The molecule has 1 heterocycles. The topological polar surface area (TPSA) is 21.3 Å². The zero-order chi connectivity index (χ0) is 13.3. The van der Waals surface area contributed by atoms with Gasteiger partial charge in [-0.15, -0.1) is 0 Å². The lowest BCUT2D eigenvalue weighted by molar-refractivity contribution is 0.0149. The molecule has 1 saturated heterocycles. The van der Waals surface area contributed by atoms with Crippen LogP contribution in [0.4, 0.5) is 8.78 Å². The number of aryl methyl sites for hydroxylation is 1. The predicted octanol–water partition coefficient (Wildman–Crippen LogP) is 3.19. The van der Waals surface area contributed by atoms with Gasteiger partial charge in [0.1, 0.15) is 5.75 Å². The predicted molar refractivity (Wildman–Crippen MR) is 67.5 cm³/mol. The molecule has 1 aliphatic rings. The van der Waals surface area contributed by atoms with E-state index < -0.39 is 5.92 Å². The molecule has 0 bridgehead atoms. The number of methoxy groups -OCH3 is 1. The van der Waals surface area contributed by atoms with Gasteiger partial charge < -0.3 is 10.1 Å². The monoisotopic (exact) mass is 255 g/mol. The average Bonchev–Trinajstić information content (AvgIpc) is 2.79. The van der Waals surface area contributed by atoms with E-state index in [2.05, 4.69) is 5.32 Å². The standard InChI is InChI=1S/C14H19F2NO/c1-9-4-5-11(14(2,15)16)13(18-3)12(9)10-6-7-17-8-10/h4-5,10,17H,6-8H2,1-3H3. The molecule has 1 aliphatic heterocycles. The number of halogens is 2. The molecule has 1 N–H and O–H groups in total. The van der Waals surface area contributed by atoms with E-state index in [0.29, 0.717) is 5.75 Å². The van der Waals surface area contributed by atoms with Gasteiger partial charge in [0.15, 0.2) is 0 Å². The minimum Gasteiger partial charge on any atom is -0.496 e. The molecule has 2 nitrogen and oxygen atoms in total. The molecule has 1 aromatic rings. The molecule has 1 fully saturated rings. The molecule has 18 heavy (non-hydrogen) atoms. The first kappa shape index (κ1) is 13.3. The molecule has 0 saturated carbocycles. The Hall–Kier alpha value is -1.16. The highest BCUT2D eigenvalue weighted by Crippen LogP contribution is 2.42. The van der Waals surface area contributed by atoms with Crippen molar-refractivity contribution in [1.29, 1.82) is 0 Å². The first-order valence-electron chi connectivity index (χ1n) is 6.21. The molecule has 100 valence electrons. The Labute approximate surface area is 106 Å². The minimum absolute atomic E-state index is 0.0162. The van der Waals surface area contributed by atoms with Crippen molar-refractivity contribution < 1.29 is 13.5 Å². The van der Waals surface area contributed by atoms with E-state index in [0.717, 1.165) is 37.6 Å². The smallest absolute Gasteiger partial charge is 0.274 e. The molecule has 1 unspecified atom stereocenters. The second-order valence-electron chi connectivity index (χ2n) is 4.96. The Morgan fingerprint density at radius 2 is 2.11 bits per heavy atom. The number of ether oxygens (including phenoxy) is 1. The molecule has 0 amide bonds. The molecular weight excluding hydrogens is 236 g/mol. The van der Waals surface area contributed by atoms with Gasteiger partial charge in [0, 0.05) is 24.9 Å². The fourth-order valence-corrected chi connectivity index (χ4v) is 2.67. The summed E-state index contributed by atoms with van der Waals surface area (Å²) in [6, 6.07) is 3.24. The molecule has 1 aromatic carbocycles. The number of hydrogen-bond acceptors (Lipinski definition) is 2. The van der Waals surface area contributed by atoms with E-state index in [9.17, 15) is 8.78 Å². The lowest BCUT2D eigenvalue weighted by Crippen LogP contribution is -2.14. The van der Waals surface area contributed by atoms with Crippen molar-refractivity contribution in [3.8, 4) is 5.75 Å². The van der Waals surface area contributed by atoms with Crippen LogP contribution in [0.25, 0.3) is 0 Å². The summed E-state index contributed by atoms with van der Waals surface area (Å²) in [5.41, 5.74) is 1.94. The van der Waals surface area contributed by atoms with Crippen LogP contribution < -0.4 is 10.1 Å². The highest BCUT2D eigenvalue weighted by Gasteiger charge is 2.32. The van der Waals surface area contributed by atoms with E-state index in [1.165, 1.54) is 13.2 Å². The molecule has 0 aromatic heterocycles. The lowest BCUT2D eigenvalue weighted by Gasteiger charge is -2.22. The quantitative estimate of drug-likeness (QED) is 0.895. The molecule has 0 aliphatic carbocycles. The highest BCUT2D eigenvalue weighted by molar-refractivity contribution is 5.50. The van der Waals surface area contributed by atoms with Crippen molar-refractivity contribution in [2.75, 3.05) is 20.2 Å². The third-order valence-corrected chi connectivity index (χ3v) is 3.56. The van der Waals surface area contributed by atoms with Crippen LogP contribution in [0.2, 0.25) is 0 Å². The number of benzene rings is 1. The molecular formula is C14H19F2NO. The Morgan fingerprint density at radius 3 is 2.61 bits per heavy atom. The van der Waals surface area contributed by atoms with Gasteiger partial charge in [-0.25, -0.2) is 8.78 Å². The van der Waals surface area contributed by atoms with Crippen molar-refractivity contribution in [3.05, 3.63) is 28.8 Å². The first-order chi connectivity index (χ1) is 8.45. The van der Waals surface area contributed by atoms with Crippen molar-refractivity contribution in [3.63, 3.8) is 0 Å². The second-order valence-corrected chi connectivity index (χ2v) is 4.96. The lowest BCUT2D eigenvalue weighted by atomic mass is 9.90. The van der Waals surface area contributed by atoms with Gasteiger partial charge in [0.25, 0.3) is 5.92 Å². The Balaban J connectivity index is 2.55. The van der Waals surface area contributed by atoms with Gasteiger partial charge in [-0.2, -0.15) is 0 Å². The fourth-order valence-electron chi connectivity index (χ4n) is 2.67. The van der Waals surface area contributed by atoms with Crippen LogP contribution in [0.1, 0.15) is 36.0 Å². The zero-order valence-electron chi connectivity index (χ0n) is 11.0. The minimum atomic E-state index is -2.88. The largest absolute Gasteiger partial charge is 0.496 e. The number of nitrogens with one attached hydrogen (secondary N) is 1. The van der Waals surface area contributed by atoms with Crippen molar-refractivity contribution in [2.45, 2.75) is 32.1 Å². The Morgan fingerprint density at radius 1 is 1.39 bits per heavy atom. The first-order valence-corrected chi connectivity index (χ1v) is 6.21. The maximum absolute atomic E-state index is 13.6. The van der Waals surface area contributed by atoms with Crippen LogP contribution in [0.5, 0.6) is 5.75 Å². The summed E-state index contributed by atoms with van der Waals surface area (Å²) < 4.78 is 32.5. The third kappa shape index (κ3) is 2.34. The van der Waals surface area contributed by atoms with Crippen LogP contribution in [-0.4, -0.2) is 20.2 Å². The second kappa shape index (κ2) is 4.84. The molecule has 0 radical (unpaired) electrons. The summed E-state index contributed by atoms with van der Waals surface area (Å²) in [5.74, 6) is -2.25. The van der Waals surface area contributed by atoms with E-state index in [1.807, 2.05) is 6.92 Å². The number of alkyl halides is 2. The van der Waals surface area contributed by atoms with Gasteiger partial charge in [-0.05, 0) is 31.5 Å². The number of rotatable bonds is 3. The summed E-state index contributed by atoms with van der Waals surface area (Å²) in [6.07, 6.45) is 0.968. The van der Waals surface area contributed by atoms with Crippen LogP contribution >= 0.6 is 0 Å². The van der Waals surface area contributed by atoms with Crippen molar-refractivity contribution in [1.82, 2.24) is 5.32 Å². The summed E-state index contributed by atoms with van der Waals surface area (Å²) in [7, 11) is 1.47. The van der Waals surface area contributed by atoms with Crippen LogP contribution in [0.3, 0.4) is 0 Å². The van der Waals surface area contributed by atoms with Gasteiger partial charge in [0.05, 0.1) is 12.7 Å².